The summed E-state index contributed by atoms with van der Waals surface area (Å²) in [5.41, 5.74) is 3.04. The number of hydrogen-bond acceptors (Lipinski definition) is 9. The third kappa shape index (κ3) is 8.55. The fourth-order valence-corrected chi connectivity index (χ4v) is 5.96. The second-order valence-corrected chi connectivity index (χ2v) is 12.5. The normalized spacial score (nSPS) is 19.6. The van der Waals surface area contributed by atoms with Gasteiger partial charge in [0.15, 0.2) is 11.5 Å². The first-order valence-electron chi connectivity index (χ1n) is 16.8. The number of carbonyl (C=O) groups excluding carboxylic acids is 4. The molecule has 4 bridgehead atoms. The molecule has 1 aliphatic rings. The standard InChI is InChI=1S/C37H40N8O7/c1-22(46)33-37(50)41-29(16-23-8-4-3-5-9-23)35(48)38-14-15-45-20-26(43-44-45)21-52-32-18-24(12-13-31(32)51-2)34(47)40-30(36(49)42-33)17-25-19-39-28-11-7-6-10-27(25)28/h3-13,18-20,22,29-30,33,39,46H,14-17,21H2,1-2H3,(H,38,48)(H,40,47)(H,41,50)(H,42,49)/t22-,29+,30-,33+/m1/s1. The SMILES string of the molecule is COc1ccc2cc1OCc1cn(nn1)CCNC(=O)[C@H](Cc1ccccc1)NC(=O)[C@H]([C@@H](C)O)NC(=O)[C@@H](Cc1c[nH]c3ccccc13)NC2=O. The van der Waals surface area contributed by atoms with Gasteiger partial charge in [-0.3, -0.25) is 23.9 Å². The molecular formula is C37H40N8O7. The highest BCUT2D eigenvalue weighted by atomic mass is 16.5. The van der Waals surface area contributed by atoms with Gasteiger partial charge in [-0.25, -0.2) is 0 Å². The quantitative estimate of drug-likeness (QED) is 0.151. The van der Waals surface area contributed by atoms with E-state index in [4.69, 9.17) is 9.47 Å². The van der Waals surface area contributed by atoms with Gasteiger partial charge in [-0.2, -0.15) is 0 Å². The Kier molecular flexibility index (Phi) is 11.1. The van der Waals surface area contributed by atoms with Crippen LogP contribution in [0, 0.1) is 0 Å². The van der Waals surface area contributed by atoms with Crippen LogP contribution < -0.4 is 30.7 Å². The van der Waals surface area contributed by atoms with E-state index >= 15 is 0 Å². The average Bonchev–Trinajstić information content (AvgIpc) is 3.78. The number of aromatic amines is 1. The van der Waals surface area contributed by atoms with Crippen LogP contribution in [-0.2, 0) is 40.4 Å². The molecule has 0 aliphatic carbocycles. The highest BCUT2D eigenvalue weighted by Crippen LogP contribution is 2.29. The Labute approximate surface area is 299 Å². The van der Waals surface area contributed by atoms with Crippen LogP contribution in [0.3, 0.4) is 0 Å². The van der Waals surface area contributed by atoms with Crippen LogP contribution in [0.5, 0.6) is 11.5 Å². The topological polar surface area (TPSA) is 202 Å². The smallest absolute Gasteiger partial charge is 0.252 e. The van der Waals surface area contributed by atoms with E-state index in [0.29, 0.717) is 11.4 Å². The van der Waals surface area contributed by atoms with E-state index in [1.807, 2.05) is 54.6 Å². The number of nitrogens with one attached hydrogen (secondary N) is 5. The molecule has 1 aliphatic heterocycles. The predicted molar refractivity (Wildman–Crippen MR) is 189 cm³/mol. The van der Waals surface area contributed by atoms with E-state index in [1.54, 1.807) is 23.1 Å². The zero-order valence-electron chi connectivity index (χ0n) is 28.7. The Morgan fingerprint density at radius 3 is 2.48 bits per heavy atom. The fraction of sp³-hybridized carbons (Fsp3) is 0.297. The van der Waals surface area contributed by atoms with Crippen molar-refractivity contribution in [3.8, 4) is 11.5 Å². The third-order valence-corrected chi connectivity index (χ3v) is 8.73. The molecule has 0 fully saturated rings. The molecule has 5 aromatic rings. The summed E-state index contributed by atoms with van der Waals surface area (Å²) in [4.78, 5) is 58.3. The van der Waals surface area contributed by atoms with Crippen LogP contribution >= 0.6 is 0 Å². The minimum atomic E-state index is -1.47. The Hall–Kier alpha value is -6.22. The van der Waals surface area contributed by atoms with Crippen LogP contribution in [0.15, 0.2) is 85.2 Å². The highest BCUT2D eigenvalue weighted by Gasteiger charge is 2.33. The first-order valence-corrected chi connectivity index (χ1v) is 16.8. The molecule has 0 spiro atoms. The molecule has 0 radical (unpaired) electrons. The summed E-state index contributed by atoms with van der Waals surface area (Å²) >= 11 is 0. The van der Waals surface area contributed by atoms with Crippen molar-refractivity contribution in [1.82, 2.24) is 41.2 Å². The zero-order chi connectivity index (χ0) is 36.6. The number of nitrogens with zero attached hydrogens (tertiary/aromatic N) is 3. The van der Waals surface area contributed by atoms with Crippen LogP contribution in [0.25, 0.3) is 10.9 Å². The number of aromatic nitrogens is 4. The Balaban J connectivity index is 1.34. The number of benzene rings is 3. The minimum Gasteiger partial charge on any atom is -0.493 e. The van der Waals surface area contributed by atoms with Crippen molar-refractivity contribution in [2.75, 3.05) is 13.7 Å². The minimum absolute atomic E-state index is 0.00526. The van der Waals surface area contributed by atoms with Crippen LogP contribution in [0.1, 0.15) is 34.1 Å². The first-order chi connectivity index (χ1) is 25.2. The molecule has 15 heteroatoms. The summed E-state index contributed by atoms with van der Waals surface area (Å²) < 4.78 is 13.0. The van der Waals surface area contributed by atoms with E-state index in [2.05, 4.69) is 36.6 Å². The molecule has 15 nitrogen and oxygen atoms in total. The van der Waals surface area contributed by atoms with Crippen molar-refractivity contribution in [2.45, 2.75) is 57.1 Å². The molecule has 6 N–H and O–H groups in total. The average molecular weight is 709 g/mol. The van der Waals surface area contributed by atoms with Crippen molar-refractivity contribution in [2.24, 2.45) is 0 Å². The number of fused-ring (bicyclic) bond motifs is 5. The number of ether oxygens (including phenoxy) is 2. The van der Waals surface area contributed by atoms with Gasteiger partial charge in [0.2, 0.25) is 17.7 Å². The van der Waals surface area contributed by atoms with Crippen LogP contribution in [0.4, 0.5) is 0 Å². The van der Waals surface area contributed by atoms with Gasteiger partial charge in [0.25, 0.3) is 5.91 Å². The van der Waals surface area contributed by atoms with E-state index < -0.39 is 47.9 Å². The van der Waals surface area contributed by atoms with Crippen LogP contribution in [-0.4, -0.2) is 86.6 Å². The summed E-state index contributed by atoms with van der Waals surface area (Å²) in [7, 11) is 1.47. The summed E-state index contributed by atoms with van der Waals surface area (Å²) in [6.07, 6.45) is 2.25. The Morgan fingerprint density at radius 2 is 1.69 bits per heavy atom. The summed E-state index contributed by atoms with van der Waals surface area (Å²) in [5.74, 6) is -1.94. The highest BCUT2D eigenvalue weighted by molar-refractivity contribution is 5.99. The second-order valence-electron chi connectivity index (χ2n) is 12.5. The van der Waals surface area contributed by atoms with Gasteiger partial charge in [-0.05, 0) is 42.3 Å². The number of aliphatic hydroxyl groups excluding tert-OH is 1. The molecule has 0 saturated carbocycles. The number of H-pyrrole nitrogens is 1. The summed E-state index contributed by atoms with van der Waals surface area (Å²) in [6, 6.07) is 17.6. The van der Waals surface area contributed by atoms with Gasteiger partial charge in [0.05, 0.1) is 26.0 Å². The number of rotatable bonds is 6. The fourth-order valence-electron chi connectivity index (χ4n) is 5.96. The maximum atomic E-state index is 14.1. The molecule has 6 rings (SSSR count). The van der Waals surface area contributed by atoms with Crippen molar-refractivity contribution in [3.63, 3.8) is 0 Å². The largest absolute Gasteiger partial charge is 0.493 e. The lowest BCUT2D eigenvalue weighted by Crippen LogP contribution is -2.60. The van der Waals surface area contributed by atoms with E-state index in [-0.39, 0.29) is 43.9 Å². The molecule has 3 aromatic carbocycles. The Bertz CT molecular complexity index is 2040. The lowest BCUT2D eigenvalue weighted by molar-refractivity contribution is -0.134. The Morgan fingerprint density at radius 1 is 0.923 bits per heavy atom. The molecule has 4 amide bonds. The zero-order valence-corrected chi connectivity index (χ0v) is 28.7. The number of hydrogen-bond donors (Lipinski definition) is 6. The van der Waals surface area contributed by atoms with Gasteiger partial charge in [0, 0.05) is 42.0 Å². The number of amides is 4. The number of methoxy groups -OCH3 is 1. The summed E-state index contributed by atoms with van der Waals surface area (Å²) in [6.45, 7) is 1.80. The maximum absolute atomic E-state index is 14.1. The second kappa shape index (κ2) is 16.2. The molecule has 0 saturated heterocycles. The lowest BCUT2D eigenvalue weighted by atomic mass is 10.0. The number of para-hydroxylation sites is 1. The maximum Gasteiger partial charge on any atom is 0.252 e. The van der Waals surface area contributed by atoms with Crippen molar-refractivity contribution >= 4 is 34.5 Å². The molecule has 52 heavy (non-hydrogen) atoms. The monoisotopic (exact) mass is 708 g/mol. The molecule has 3 heterocycles. The van der Waals surface area contributed by atoms with Crippen LogP contribution in [0.2, 0.25) is 0 Å². The molecule has 270 valence electrons. The molecule has 0 unspecified atom stereocenters. The molecular weight excluding hydrogens is 668 g/mol. The van der Waals surface area contributed by atoms with E-state index in [1.165, 1.54) is 26.2 Å². The molecule has 2 aromatic heterocycles. The van der Waals surface area contributed by atoms with E-state index in [0.717, 1.165) is 22.0 Å². The van der Waals surface area contributed by atoms with Gasteiger partial charge in [-0.1, -0.05) is 53.7 Å². The van der Waals surface area contributed by atoms with Gasteiger partial charge >= 0.3 is 0 Å². The number of aliphatic hydroxyl groups is 1. The van der Waals surface area contributed by atoms with Crippen molar-refractivity contribution in [1.29, 1.82) is 0 Å². The number of carbonyl (C=O) groups is 4. The van der Waals surface area contributed by atoms with Crippen molar-refractivity contribution in [3.05, 3.63) is 108 Å². The first kappa shape index (κ1) is 35.6. The van der Waals surface area contributed by atoms with Crippen molar-refractivity contribution < 1.29 is 33.8 Å². The third-order valence-electron chi connectivity index (χ3n) is 8.73. The van der Waals surface area contributed by atoms with Gasteiger partial charge < -0.3 is 40.8 Å². The molecule has 4 atom stereocenters. The summed E-state index contributed by atoms with van der Waals surface area (Å²) in [5, 5.41) is 30.9. The predicted octanol–water partition coefficient (Wildman–Crippen LogP) is 1.41. The van der Waals surface area contributed by atoms with Gasteiger partial charge in [-0.15, -0.1) is 5.10 Å². The van der Waals surface area contributed by atoms with Gasteiger partial charge in [0.1, 0.15) is 30.4 Å². The van der Waals surface area contributed by atoms with E-state index in [9.17, 15) is 24.3 Å². The lowest BCUT2D eigenvalue weighted by Gasteiger charge is -2.27.